The van der Waals surface area contributed by atoms with Gasteiger partial charge >= 0.3 is 5.51 Å². The number of nitro groups is 1. The molecule has 0 spiro atoms. The molecule has 1 aromatic rings. The van der Waals surface area contributed by atoms with Gasteiger partial charge in [0.05, 0.1) is 17.1 Å². The van der Waals surface area contributed by atoms with Gasteiger partial charge in [0.15, 0.2) is 0 Å². The minimum atomic E-state index is -4.29. The van der Waals surface area contributed by atoms with E-state index in [0.29, 0.717) is 0 Å². The fourth-order valence-corrected chi connectivity index (χ4v) is 1.51. The average Bonchev–Trinajstić information content (AvgIpc) is 2.22. The van der Waals surface area contributed by atoms with Gasteiger partial charge in [0.1, 0.15) is 11.6 Å². The molecule has 0 bridgehead atoms. The molecule has 1 rings (SSSR count). The lowest BCUT2D eigenvalue weighted by molar-refractivity contribution is -0.384. The molecule has 10 heteroatoms. The van der Waals surface area contributed by atoms with Gasteiger partial charge in [0, 0.05) is 12.3 Å². The monoisotopic (exact) mass is 282 g/mol. The van der Waals surface area contributed by atoms with Crippen molar-refractivity contribution in [3.63, 3.8) is 0 Å². The number of aromatic nitrogens is 1. The standard InChI is InChI=1S/C8H9F3N4O2S/c9-8(10,11)18-2-1-13-7-4-5(15(16)17)3-6(12)14-7/h3-4H,1-2H2,(H3,12,13,14). The van der Waals surface area contributed by atoms with Crippen LogP contribution in [0.4, 0.5) is 30.5 Å². The molecule has 1 heterocycles. The van der Waals surface area contributed by atoms with Crippen molar-refractivity contribution in [1.82, 2.24) is 4.98 Å². The number of nitrogens with zero attached hydrogens (tertiary/aromatic N) is 2. The summed E-state index contributed by atoms with van der Waals surface area (Å²) in [6, 6.07) is 2.17. The molecule has 1 aromatic heterocycles. The van der Waals surface area contributed by atoms with E-state index in [1.165, 1.54) is 0 Å². The van der Waals surface area contributed by atoms with Crippen molar-refractivity contribution in [2.75, 3.05) is 23.3 Å². The normalized spacial score (nSPS) is 11.3. The van der Waals surface area contributed by atoms with E-state index < -0.39 is 10.4 Å². The Balaban J connectivity index is 2.55. The first-order valence-corrected chi connectivity index (χ1v) is 5.63. The Morgan fingerprint density at radius 2 is 2.17 bits per heavy atom. The number of halogens is 3. The Labute approximate surface area is 104 Å². The van der Waals surface area contributed by atoms with E-state index >= 15 is 0 Å². The van der Waals surface area contributed by atoms with Crippen LogP contribution in [0, 0.1) is 10.1 Å². The summed E-state index contributed by atoms with van der Waals surface area (Å²) in [5, 5.41) is 13.0. The molecule has 0 aromatic carbocycles. The lowest BCUT2D eigenvalue weighted by atomic mass is 10.4. The SMILES string of the molecule is Nc1cc([N+](=O)[O-])cc(NCCSC(F)(F)F)n1. The Bertz CT molecular complexity index is 441. The number of nitrogen functional groups attached to an aromatic ring is 1. The second-order valence-corrected chi connectivity index (χ2v) is 4.27. The molecular weight excluding hydrogens is 273 g/mol. The zero-order valence-corrected chi connectivity index (χ0v) is 9.72. The maximum absolute atomic E-state index is 11.8. The predicted molar refractivity (Wildman–Crippen MR) is 62.3 cm³/mol. The Hall–Kier alpha value is -1.71. The number of anilines is 2. The zero-order chi connectivity index (χ0) is 13.8. The van der Waals surface area contributed by atoms with Gasteiger partial charge in [-0.2, -0.15) is 13.2 Å². The second-order valence-electron chi connectivity index (χ2n) is 3.11. The molecule has 0 amide bonds. The van der Waals surface area contributed by atoms with Crippen LogP contribution in [-0.2, 0) is 0 Å². The molecule has 0 saturated heterocycles. The largest absolute Gasteiger partial charge is 0.441 e. The molecule has 3 N–H and O–H groups in total. The number of pyridine rings is 1. The third-order valence-electron chi connectivity index (χ3n) is 1.71. The van der Waals surface area contributed by atoms with E-state index in [1.807, 2.05) is 0 Å². The highest BCUT2D eigenvalue weighted by Gasteiger charge is 2.27. The molecule has 18 heavy (non-hydrogen) atoms. The molecule has 6 nitrogen and oxygen atoms in total. The summed E-state index contributed by atoms with van der Waals surface area (Å²) in [5.74, 6) is -0.229. The van der Waals surface area contributed by atoms with E-state index in [0.717, 1.165) is 12.1 Å². The molecule has 0 radical (unpaired) electrons. The summed E-state index contributed by atoms with van der Waals surface area (Å²) in [4.78, 5) is 13.6. The van der Waals surface area contributed by atoms with Crippen molar-refractivity contribution in [2.45, 2.75) is 5.51 Å². The Morgan fingerprint density at radius 1 is 1.50 bits per heavy atom. The van der Waals surface area contributed by atoms with Crippen LogP contribution in [0.1, 0.15) is 0 Å². The van der Waals surface area contributed by atoms with E-state index in [-0.39, 0.29) is 41.4 Å². The maximum Gasteiger partial charge on any atom is 0.441 e. The first kappa shape index (κ1) is 14.4. The second kappa shape index (κ2) is 5.76. The molecule has 0 aliphatic heterocycles. The van der Waals surface area contributed by atoms with E-state index in [1.54, 1.807) is 0 Å². The first-order chi connectivity index (χ1) is 8.28. The summed E-state index contributed by atoms with van der Waals surface area (Å²) in [6.07, 6.45) is 0. The van der Waals surface area contributed by atoms with Crippen molar-refractivity contribution in [1.29, 1.82) is 0 Å². The van der Waals surface area contributed by atoms with Crippen LogP contribution in [0.15, 0.2) is 12.1 Å². The highest BCUT2D eigenvalue weighted by Crippen LogP contribution is 2.29. The van der Waals surface area contributed by atoms with Crippen LogP contribution >= 0.6 is 11.8 Å². The van der Waals surface area contributed by atoms with Crippen molar-refractivity contribution >= 4 is 29.1 Å². The van der Waals surface area contributed by atoms with Crippen molar-refractivity contribution in [3.8, 4) is 0 Å². The summed E-state index contributed by atoms with van der Waals surface area (Å²) >= 11 is -0.188. The fourth-order valence-electron chi connectivity index (χ4n) is 1.08. The number of thioether (sulfide) groups is 1. The molecule has 0 fully saturated rings. The number of hydrogen-bond acceptors (Lipinski definition) is 6. The lowest BCUT2D eigenvalue weighted by Gasteiger charge is -2.07. The van der Waals surface area contributed by atoms with Gasteiger partial charge in [-0.15, -0.1) is 0 Å². The number of nitrogens with two attached hydrogens (primary N) is 1. The van der Waals surface area contributed by atoms with Gasteiger partial charge in [-0.1, -0.05) is 0 Å². The molecule has 100 valence electrons. The smallest absolute Gasteiger partial charge is 0.383 e. The van der Waals surface area contributed by atoms with Crippen molar-refractivity contribution < 1.29 is 18.1 Å². The molecule has 0 aliphatic carbocycles. The summed E-state index contributed by atoms with van der Waals surface area (Å²) < 4.78 is 35.5. The van der Waals surface area contributed by atoms with Gasteiger partial charge < -0.3 is 11.1 Å². The summed E-state index contributed by atoms with van der Waals surface area (Å²) in [5.41, 5.74) is 0.765. The van der Waals surface area contributed by atoms with Gasteiger partial charge in [0.2, 0.25) is 0 Å². The third-order valence-corrected chi connectivity index (χ3v) is 2.45. The number of rotatable bonds is 5. The van der Waals surface area contributed by atoms with Crippen LogP contribution in [-0.4, -0.2) is 27.7 Å². The highest BCUT2D eigenvalue weighted by atomic mass is 32.2. The van der Waals surface area contributed by atoms with Gasteiger partial charge in [0.25, 0.3) is 5.69 Å². The third kappa shape index (κ3) is 5.08. The zero-order valence-electron chi connectivity index (χ0n) is 8.90. The molecule has 0 saturated carbocycles. The van der Waals surface area contributed by atoms with Crippen LogP contribution in [0.25, 0.3) is 0 Å². The van der Waals surface area contributed by atoms with E-state index in [4.69, 9.17) is 5.73 Å². The van der Waals surface area contributed by atoms with Gasteiger partial charge in [-0.05, 0) is 11.8 Å². The topological polar surface area (TPSA) is 94.1 Å². The maximum atomic E-state index is 11.8. The Kier molecular flexibility index (Phi) is 4.59. The minimum Gasteiger partial charge on any atom is -0.383 e. The van der Waals surface area contributed by atoms with Gasteiger partial charge in [-0.25, -0.2) is 4.98 Å². The summed E-state index contributed by atoms with van der Waals surface area (Å²) in [6.45, 7) is -0.0300. The summed E-state index contributed by atoms with van der Waals surface area (Å²) in [7, 11) is 0. The first-order valence-electron chi connectivity index (χ1n) is 4.64. The van der Waals surface area contributed by atoms with Crippen LogP contribution in [0.5, 0.6) is 0 Å². The van der Waals surface area contributed by atoms with Crippen molar-refractivity contribution in [3.05, 3.63) is 22.2 Å². The quantitative estimate of drug-likeness (QED) is 0.488. The molecule has 0 atom stereocenters. The van der Waals surface area contributed by atoms with E-state index in [9.17, 15) is 23.3 Å². The Morgan fingerprint density at radius 3 is 2.72 bits per heavy atom. The average molecular weight is 282 g/mol. The molecule has 0 unspecified atom stereocenters. The van der Waals surface area contributed by atoms with Crippen LogP contribution in [0.2, 0.25) is 0 Å². The highest BCUT2D eigenvalue weighted by molar-refractivity contribution is 8.00. The van der Waals surface area contributed by atoms with Crippen LogP contribution in [0.3, 0.4) is 0 Å². The van der Waals surface area contributed by atoms with E-state index in [2.05, 4.69) is 10.3 Å². The number of hydrogen-bond donors (Lipinski definition) is 2. The van der Waals surface area contributed by atoms with Crippen LogP contribution < -0.4 is 11.1 Å². The predicted octanol–water partition coefficient (Wildman–Crippen LogP) is 2.24. The molecule has 0 aliphatic rings. The van der Waals surface area contributed by atoms with Gasteiger partial charge in [-0.3, -0.25) is 10.1 Å². The number of alkyl halides is 3. The number of nitrogens with one attached hydrogen (secondary N) is 1. The fraction of sp³-hybridized carbons (Fsp3) is 0.375. The minimum absolute atomic E-state index is 0.0300. The molecular formula is C8H9F3N4O2S. The van der Waals surface area contributed by atoms with Crippen molar-refractivity contribution in [2.24, 2.45) is 0 Å². The lowest BCUT2D eigenvalue weighted by Crippen LogP contribution is -2.11.